The fourth-order valence-corrected chi connectivity index (χ4v) is 9.42. The Morgan fingerprint density at radius 3 is 1.43 bits per heavy atom. The van der Waals surface area contributed by atoms with Gasteiger partial charge in [0.05, 0.1) is 33.0 Å². The Morgan fingerprint density at radius 1 is 0.500 bits per heavy atom. The number of benzene rings is 3. The highest BCUT2D eigenvalue weighted by Gasteiger charge is 2.15. The molecule has 0 aliphatic heterocycles. The number of hydrogen-bond donors (Lipinski definition) is 0. The number of hydrogen-bond acceptors (Lipinski definition) is 9. The summed E-state index contributed by atoms with van der Waals surface area (Å²) in [6.45, 7) is 3.24. The zero-order chi connectivity index (χ0) is 31.1. The molecule has 5 nitrogen and oxygen atoms in total. The summed E-state index contributed by atoms with van der Waals surface area (Å²) < 4.78 is 27.4. The van der Waals surface area contributed by atoms with Crippen molar-refractivity contribution in [2.75, 3.05) is 51.7 Å². The van der Waals surface area contributed by atoms with Crippen molar-refractivity contribution in [2.45, 2.75) is 0 Å². The maximum absolute atomic E-state index is 5.96. The zero-order valence-electron chi connectivity index (χ0n) is 25.3. The van der Waals surface area contributed by atoms with E-state index in [0.29, 0.717) is 39.6 Å². The molecule has 0 N–H and O–H groups in total. The lowest BCUT2D eigenvalue weighted by molar-refractivity contribution is 0.0180. The lowest BCUT2D eigenvalue weighted by Crippen LogP contribution is -2.12. The maximum atomic E-state index is 5.96. The van der Waals surface area contributed by atoms with Crippen molar-refractivity contribution in [3.63, 3.8) is 0 Å². The minimum atomic E-state index is 0.477. The Balaban J connectivity index is 1.08. The van der Waals surface area contributed by atoms with Crippen LogP contribution >= 0.6 is 45.3 Å². The number of anilines is 3. The lowest BCUT2D eigenvalue weighted by atomic mass is 10.1. The normalized spacial score (nSPS) is 11.5. The number of ether oxygens (including phenoxy) is 4. The molecule has 0 aliphatic rings. The molecule has 0 aliphatic carbocycles. The van der Waals surface area contributed by atoms with Crippen LogP contribution in [0.1, 0.15) is 0 Å². The van der Waals surface area contributed by atoms with Gasteiger partial charge in [0.1, 0.15) is 12.4 Å². The van der Waals surface area contributed by atoms with Gasteiger partial charge in [0, 0.05) is 52.7 Å². The van der Waals surface area contributed by atoms with Crippen molar-refractivity contribution in [1.82, 2.24) is 0 Å². The first-order valence-corrected chi connectivity index (χ1v) is 18.5. The van der Waals surface area contributed by atoms with Gasteiger partial charge in [0.2, 0.25) is 0 Å². The Morgan fingerprint density at radius 2 is 0.957 bits per heavy atom. The van der Waals surface area contributed by atoms with Crippen LogP contribution in [0, 0.1) is 0 Å². The molecule has 0 bridgehead atoms. The van der Waals surface area contributed by atoms with Crippen molar-refractivity contribution in [3.8, 4) is 26.6 Å². The van der Waals surface area contributed by atoms with E-state index >= 15 is 0 Å². The molecule has 3 aromatic carbocycles. The number of rotatable bonds is 15. The topological polar surface area (TPSA) is 40.2 Å². The second-order valence-electron chi connectivity index (χ2n) is 10.5. The molecule has 0 fully saturated rings. The highest BCUT2D eigenvalue weighted by Crippen LogP contribution is 2.41. The van der Waals surface area contributed by atoms with Crippen molar-refractivity contribution in [1.29, 1.82) is 0 Å². The Kier molecular flexibility index (Phi) is 10.1. The molecular formula is C37H33NO4S4. The lowest BCUT2D eigenvalue weighted by Gasteiger charge is -2.26. The quantitative estimate of drug-likeness (QED) is 0.101. The number of fused-ring (bicyclic) bond motifs is 2. The predicted molar refractivity (Wildman–Crippen MR) is 198 cm³/mol. The number of methoxy groups -OCH3 is 1. The smallest absolute Gasteiger partial charge is 0.119 e. The third-order valence-electron chi connectivity index (χ3n) is 7.49. The summed E-state index contributed by atoms with van der Waals surface area (Å²) in [7, 11) is 1.66. The molecule has 0 radical (unpaired) electrons. The van der Waals surface area contributed by atoms with Gasteiger partial charge >= 0.3 is 0 Å². The maximum Gasteiger partial charge on any atom is 0.119 e. The molecule has 46 heavy (non-hydrogen) atoms. The van der Waals surface area contributed by atoms with Crippen LogP contribution in [0.15, 0.2) is 108 Å². The minimum absolute atomic E-state index is 0.477. The van der Waals surface area contributed by atoms with E-state index < -0.39 is 0 Å². The summed E-state index contributed by atoms with van der Waals surface area (Å²) in [5.74, 6) is 0.810. The SMILES string of the molecule is COCCOCCOCCOc1ccc(N(c2ccc(-c3cc4sccc4s3)cc2)c2ccc(-c3cc4sccc4s3)cc2)cc1. The van der Waals surface area contributed by atoms with E-state index in [1.54, 1.807) is 29.8 Å². The molecule has 9 heteroatoms. The Labute approximate surface area is 284 Å². The molecule has 0 saturated carbocycles. The van der Waals surface area contributed by atoms with E-state index in [1.807, 2.05) is 34.8 Å². The molecule has 7 rings (SSSR count). The second-order valence-corrected chi connectivity index (χ2v) is 14.6. The fourth-order valence-electron chi connectivity index (χ4n) is 5.19. The fraction of sp³-hybridized carbons (Fsp3) is 0.189. The molecule has 0 saturated heterocycles. The van der Waals surface area contributed by atoms with E-state index in [1.165, 1.54) is 39.7 Å². The number of nitrogens with zero attached hydrogens (tertiary/aromatic N) is 1. The first-order chi connectivity index (χ1) is 22.7. The predicted octanol–water partition coefficient (Wildman–Crippen LogP) is 11.1. The third-order valence-corrected chi connectivity index (χ3v) is 11.8. The van der Waals surface area contributed by atoms with Crippen LogP contribution in [0.2, 0.25) is 0 Å². The van der Waals surface area contributed by atoms with Crippen molar-refractivity contribution in [2.24, 2.45) is 0 Å². The van der Waals surface area contributed by atoms with Crippen LogP contribution < -0.4 is 9.64 Å². The van der Waals surface area contributed by atoms with Crippen LogP contribution in [0.4, 0.5) is 17.1 Å². The molecular weight excluding hydrogens is 651 g/mol. The highest BCUT2D eigenvalue weighted by atomic mass is 32.1. The largest absolute Gasteiger partial charge is 0.491 e. The van der Waals surface area contributed by atoms with Gasteiger partial charge in [0.25, 0.3) is 0 Å². The van der Waals surface area contributed by atoms with E-state index in [2.05, 4.69) is 101 Å². The molecule has 0 atom stereocenters. The summed E-state index contributed by atoms with van der Waals surface area (Å²) in [5, 5.41) is 4.32. The van der Waals surface area contributed by atoms with E-state index in [4.69, 9.17) is 18.9 Å². The van der Waals surface area contributed by atoms with Gasteiger partial charge < -0.3 is 23.8 Å². The first-order valence-electron chi connectivity index (χ1n) is 15.1. The summed E-state index contributed by atoms with van der Waals surface area (Å²) in [6.07, 6.45) is 0. The van der Waals surface area contributed by atoms with Gasteiger partial charge in [-0.15, -0.1) is 45.3 Å². The average molecular weight is 684 g/mol. The van der Waals surface area contributed by atoms with Crippen molar-refractivity contribution in [3.05, 3.63) is 108 Å². The van der Waals surface area contributed by atoms with Crippen LogP contribution in [0.5, 0.6) is 5.75 Å². The van der Waals surface area contributed by atoms with Crippen LogP contribution in [0.25, 0.3) is 39.7 Å². The number of thiophene rings is 4. The molecule has 4 aromatic heterocycles. The molecule has 0 spiro atoms. The molecule has 234 valence electrons. The standard InChI is InChI=1S/C37H33NO4S4/c1-39-16-17-40-18-19-41-20-21-42-31-12-10-30(11-13-31)38(28-6-2-26(3-7-28)34-24-36-32(45-34)14-22-43-36)29-8-4-27(5-9-29)35-25-37-33(46-35)15-23-44-37/h2-15,22-25H,16-21H2,1H3. The minimum Gasteiger partial charge on any atom is -0.491 e. The van der Waals surface area contributed by atoms with Crippen LogP contribution in [-0.2, 0) is 14.2 Å². The summed E-state index contributed by atoms with van der Waals surface area (Å²) in [4.78, 5) is 4.89. The second kappa shape index (κ2) is 14.9. The highest BCUT2D eigenvalue weighted by molar-refractivity contribution is 7.29. The molecule has 0 unspecified atom stereocenters. The Bertz CT molecular complexity index is 1800. The summed E-state index contributed by atoms with van der Waals surface area (Å²) in [5.41, 5.74) is 5.73. The monoisotopic (exact) mass is 683 g/mol. The van der Waals surface area contributed by atoms with E-state index in [-0.39, 0.29) is 0 Å². The van der Waals surface area contributed by atoms with Crippen molar-refractivity contribution >= 4 is 81.2 Å². The van der Waals surface area contributed by atoms with Gasteiger partial charge in [-0.05, 0) is 94.7 Å². The summed E-state index contributed by atoms with van der Waals surface area (Å²) in [6, 6.07) is 35.0. The first kappa shape index (κ1) is 31.1. The molecule has 4 heterocycles. The van der Waals surface area contributed by atoms with Gasteiger partial charge in [-0.3, -0.25) is 0 Å². The van der Waals surface area contributed by atoms with Gasteiger partial charge in [-0.25, -0.2) is 0 Å². The third kappa shape index (κ3) is 7.21. The Hall–Kier alpha value is -3.54. The van der Waals surface area contributed by atoms with Crippen molar-refractivity contribution < 1.29 is 18.9 Å². The van der Waals surface area contributed by atoms with E-state index in [9.17, 15) is 0 Å². The average Bonchev–Trinajstić information content (AvgIpc) is 3.88. The van der Waals surface area contributed by atoms with Gasteiger partial charge in [-0.2, -0.15) is 0 Å². The van der Waals surface area contributed by atoms with Crippen LogP contribution in [0.3, 0.4) is 0 Å². The van der Waals surface area contributed by atoms with Gasteiger partial charge in [0.15, 0.2) is 0 Å². The van der Waals surface area contributed by atoms with Crippen LogP contribution in [-0.4, -0.2) is 46.8 Å². The molecule has 7 aromatic rings. The molecule has 0 amide bonds. The summed E-state index contributed by atoms with van der Waals surface area (Å²) >= 11 is 7.29. The van der Waals surface area contributed by atoms with E-state index in [0.717, 1.165) is 22.8 Å². The van der Waals surface area contributed by atoms with Gasteiger partial charge in [-0.1, -0.05) is 24.3 Å². The zero-order valence-corrected chi connectivity index (χ0v) is 28.6.